The normalized spacial score (nSPS) is 9.44. The molecule has 0 amide bonds. The molecule has 0 saturated carbocycles. The third-order valence-corrected chi connectivity index (χ3v) is 1.73. The highest BCUT2D eigenvalue weighted by Crippen LogP contribution is 2.20. The predicted octanol–water partition coefficient (Wildman–Crippen LogP) is 1.57. The maximum Gasteiger partial charge on any atom is 0.306 e. The molecule has 84 valence electrons. The van der Waals surface area contributed by atoms with Crippen molar-refractivity contribution in [2.24, 2.45) is 5.73 Å². The van der Waals surface area contributed by atoms with Crippen molar-refractivity contribution < 1.29 is 13.7 Å². The third kappa shape index (κ3) is 2.74. The van der Waals surface area contributed by atoms with Crippen molar-refractivity contribution in [2.75, 3.05) is 6.54 Å². The molecular weight excluding hydrogens is 218 g/mol. The van der Waals surface area contributed by atoms with Gasteiger partial charge in [-0.25, -0.2) is 4.39 Å². The summed E-state index contributed by atoms with van der Waals surface area (Å²) in [4.78, 5) is 9.46. The van der Waals surface area contributed by atoms with Gasteiger partial charge in [-0.3, -0.25) is 10.1 Å². The van der Waals surface area contributed by atoms with Gasteiger partial charge in [0.1, 0.15) is 5.82 Å². The van der Waals surface area contributed by atoms with Gasteiger partial charge in [-0.15, -0.1) is 0 Å². The monoisotopic (exact) mass is 226 g/mol. The van der Waals surface area contributed by atoms with Crippen LogP contribution in [0.5, 0.6) is 0 Å². The first-order valence-corrected chi connectivity index (χ1v) is 4.38. The highest BCUT2D eigenvalue weighted by molar-refractivity contribution is 5.45. The molecular formula is C10H8F2N2O2. The molecule has 0 radical (unpaired) electrons. The fourth-order valence-corrected chi connectivity index (χ4v) is 1.00. The summed E-state index contributed by atoms with van der Waals surface area (Å²) in [6.07, 6.45) is 0.338. The van der Waals surface area contributed by atoms with Crippen LogP contribution < -0.4 is 5.73 Å². The maximum atomic E-state index is 13.1. The van der Waals surface area contributed by atoms with Gasteiger partial charge in [-0.1, -0.05) is 11.8 Å². The van der Waals surface area contributed by atoms with Crippen molar-refractivity contribution in [2.45, 2.75) is 6.42 Å². The SMILES string of the molecule is NCCC#Cc1cc([N+](=O)[O-])c(F)cc1F. The minimum Gasteiger partial charge on any atom is -0.330 e. The second-order valence-electron chi connectivity index (χ2n) is 2.88. The largest absolute Gasteiger partial charge is 0.330 e. The molecule has 0 atom stereocenters. The third-order valence-electron chi connectivity index (χ3n) is 1.73. The Balaban J connectivity index is 3.16. The molecule has 0 aliphatic carbocycles. The molecule has 1 rings (SSSR count). The van der Waals surface area contributed by atoms with E-state index in [0.717, 1.165) is 6.07 Å². The Labute approximate surface area is 90.2 Å². The number of nitro groups is 1. The van der Waals surface area contributed by atoms with Gasteiger partial charge in [0.25, 0.3) is 0 Å². The van der Waals surface area contributed by atoms with Gasteiger partial charge in [-0.05, 0) is 0 Å². The van der Waals surface area contributed by atoms with E-state index in [9.17, 15) is 18.9 Å². The average molecular weight is 226 g/mol. The van der Waals surface area contributed by atoms with Crippen molar-refractivity contribution in [1.82, 2.24) is 0 Å². The van der Waals surface area contributed by atoms with E-state index in [1.807, 2.05) is 0 Å². The zero-order valence-electron chi connectivity index (χ0n) is 8.17. The molecule has 6 heteroatoms. The quantitative estimate of drug-likeness (QED) is 0.472. The van der Waals surface area contributed by atoms with Gasteiger partial charge in [0.15, 0.2) is 0 Å². The van der Waals surface area contributed by atoms with E-state index in [1.54, 1.807) is 0 Å². The average Bonchev–Trinajstić information content (AvgIpc) is 2.21. The van der Waals surface area contributed by atoms with Gasteiger partial charge in [0, 0.05) is 25.1 Å². The van der Waals surface area contributed by atoms with E-state index < -0.39 is 22.2 Å². The second kappa shape index (κ2) is 5.19. The number of nitrogens with zero attached hydrogens (tertiary/aromatic N) is 1. The first-order chi connectivity index (χ1) is 7.56. The van der Waals surface area contributed by atoms with Crippen LogP contribution in [0.3, 0.4) is 0 Å². The van der Waals surface area contributed by atoms with Crippen LogP contribution in [0.25, 0.3) is 0 Å². The van der Waals surface area contributed by atoms with Gasteiger partial charge in [0.05, 0.1) is 10.5 Å². The molecule has 0 aliphatic rings. The van der Waals surface area contributed by atoms with Gasteiger partial charge >= 0.3 is 5.69 Å². The fraction of sp³-hybridized carbons (Fsp3) is 0.200. The maximum absolute atomic E-state index is 13.1. The summed E-state index contributed by atoms with van der Waals surface area (Å²) in [5.74, 6) is 2.74. The van der Waals surface area contributed by atoms with Crippen molar-refractivity contribution in [3.63, 3.8) is 0 Å². The van der Waals surface area contributed by atoms with E-state index in [1.165, 1.54) is 0 Å². The zero-order chi connectivity index (χ0) is 12.1. The summed E-state index contributed by atoms with van der Waals surface area (Å²) >= 11 is 0. The van der Waals surface area contributed by atoms with Crippen LogP contribution in [0, 0.1) is 33.6 Å². The molecule has 16 heavy (non-hydrogen) atoms. The van der Waals surface area contributed by atoms with Crippen LogP contribution in [0.2, 0.25) is 0 Å². The lowest BCUT2D eigenvalue weighted by Crippen LogP contribution is -1.97. The minimum absolute atomic E-state index is 0.207. The fourth-order valence-electron chi connectivity index (χ4n) is 1.00. The van der Waals surface area contributed by atoms with Gasteiger partial charge in [-0.2, -0.15) is 4.39 Å². The number of hydrogen-bond donors (Lipinski definition) is 1. The summed E-state index contributed by atoms with van der Waals surface area (Å²) in [5, 5.41) is 10.4. The Kier molecular flexibility index (Phi) is 3.91. The van der Waals surface area contributed by atoms with E-state index >= 15 is 0 Å². The lowest BCUT2D eigenvalue weighted by molar-refractivity contribution is -0.387. The smallest absolute Gasteiger partial charge is 0.306 e. The summed E-state index contributed by atoms with van der Waals surface area (Å²) in [7, 11) is 0. The molecule has 0 aliphatic heterocycles. The highest BCUT2D eigenvalue weighted by Gasteiger charge is 2.17. The van der Waals surface area contributed by atoms with Crippen molar-refractivity contribution in [1.29, 1.82) is 0 Å². The Bertz CT molecular complexity index is 478. The van der Waals surface area contributed by atoms with Crippen molar-refractivity contribution >= 4 is 5.69 Å². The summed E-state index contributed by atoms with van der Waals surface area (Å²) in [5.41, 5.74) is 4.17. The number of halogens is 2. The van der Waals surface area contributed by atoms with Crippen LogP contribution >= 0.6 is 0 Å². The number of benzene rings is 1. The molecule has 0 aromatic heterocycles. The summed E-state index contributed by atoms with van der Waals surface area (Å²) in [6.45, 7) is 0.303. The lowest BCUT2D eigenvalue weighted by Gasteiger charge is -1.97. The van der Waals surface area contributed by atoms with E-state index in [4.69, 9.17) is 5.73 Å². The molecule has 2 N–H and O–H groups in total. The molecule has 0 unspecified atom stereocenters. The van der Waals surface area contributed by atoms with Crippen molar-refractivity contribution in [3.8, 4) is 11.8 Å². The molecule has 4 nitrogen and oxygen atoms in total. The lowest BCUT2D eigenvalue weighted by atomic mass is 10.2. The Morgan fingerprint density at radius 2 is 2.06 bits per heavy atom. The van der Waals surface area contributed by atoms with Crippen LogP contribution in [0.4, 0.5) is 14.5 Å². The Hall–Kier alpha value is -2.00. The molecule has 0 heterocycles. The Morgan fingerprint density at radius 1 is 1.38 bits per heavy atom. The standard InChI is InChI=1S/C10H8F2N2O2/c11-8-6-9(12)10(14(15)16)5-7(8)3-1-2-4-13/h5-6H,2,4,13H2. The zero-order valence-corrected chi connectivity index (χ0v) is 8.17. The summed E-state index contributed by atoms with van der Waals surface area (Å²) < 4.78 is 26.0. The molecule has 0 bridgehead atoms. The number of nitro benzene ring substituents is 1. The van der Waals surface area contributed by atoms with Crippen LogP contribution in [-0.4, -0.2) is 11.5 Å². The summed E-state index contributed by atoms with van der Waals surface area (Å²) in [6, 6.07) is 1.22. The van der Waals surface area contributed by atoms with Crippen LogP contribution in [0.1, 0.15) is 12.0 Å². The van der Waals surface area contributed by atoms with Gasteiger partial charge < -0.3 is 5.73 Å². The number of nitrogens with two attached hydrogens (primary N) is 1. The molecule has 1 aromatic carbocycles. The highest BCUT2D eigenvalue weighted by atomic mass is 19.1. The van der Waals surface area contributed by atoms with E-state index in [0.29, 0.717) is 19.0 Å². The molecule has 0 spiro atoms. The topological polar surface area (TPSA) is 69.2 Å². The first kappa shape index (κ1) is 12.1. The van der Waals surface area contributed by atoms with Gasteiger partial charge in [0.2, 0.25) is 5.82 Å². The molecule has 1 aromatic rings. The number of hydrogen-bond acceptors (Lipinski definition) is 3. The second-order valence-corrected chi connectivity index (χ2v) is 2.88. The minimum atomic E-state index is -1.22. The van der Waals surface area contributed by atoms with Crippen molar-refractivity contribution in [3.05, 3.63) is 39.4 Å². The van der Waals surface area contributed by atoms with Crippen LogP contribution in [0.15, 0.2) is 12.1 Å². The molecule has 0 fully saturated rings. The number of rotatable bonds is 2. The first-order valence-electron chi connectivity index (χ1n) is 4.38. The Morgan fingerprint density at radius 3 is 2.62 bits per heavy atom. The van der Waals surface area contributed by atoms with Crippen LogP contribution in [-0.2, 0) is 0 Å². The predicted molar refractivity (Wildman–Crippen MR) is 53.6 cm³/mol. The van der Waals surface area contributed by atoms with E-state index in [-0.39, 0.29) is 5.56 Å². The molecule has 0 saturated heterocycles. The van der Waals surface area contributed by atoms with E-state index in [2.05, 4.69) is 11.8 Å².